The van der Waals surface area contributed by atoms with Gasteiger partial charge in [0.15, 0.2) is 12.2 Å². The van der Waals surface area contributed by atoms with Crippen molar-refractivity contribution in [1.82, 2.24) is 10.6 Å². The molecule has 2 amide bonds. The molecule has 0 saturated carbocycles. The molecule has 0 aliphatic rings. The van der Waals surface area contributed by atoms with E-state index in [1.807, 2.05) is 76.2 Å². The maximum absolute atomic E-state index is 12.4. The molecule has 0 aromatic heterocycles. The molecule has 0 aliphatic carbocycles. The molecule has 2 aromatic rings. The summed E-state index contributed by atoms with van der Waals surface area (Å²) in [5, 5.41) is 5.81. The number of hydrogen-bond acceptors (Lipinski definition) is 4. The molecule has 0 radical (unpaired) electrons. The van der Waals surface area contributed by atoms with Gasteiger partial charge < -0.3 is 20.1 Å². The first kappa shape index (κ1) is 24.3. The van der Waals surface area contributed by atoms with Gasteiger partial charge in [-0.25, -0.2) is 0 Å². The summed E-state index contributed by atoms with van der Waals surface area (Å²) in [6.07, 6.45) is -1.23. The fourth-order valence-electron chi connectivity index (χ4n) is 2.75. The molecule has 2 atom stereocenters. The fourth-order valence-corrected chi connectivity index (χ4v) is 2.75. The highest BCUT2D eigenvalue weighted by molar-refractivity contribution is 5.81. The lowest BCUT2D eigenvalue weighted by atomic mass is 9.93. The molecule has 2 N–H and O–H groups in total. The first-order chi connectivity index (χ1) is 14.6. The number of hydrogen-bond donors (Lipinski definition) is 2. The standard InChI is InChI=1S/C25H34N2O4/c1-17-7-11-21(12-8-17)30-19(3)23(28)26-15-25(5,6)16-27-24(29)20(4)31-22-13-9-18(2)10-14-22/h7-14,19-20H,15-16H2,1-6H3,(H,26,28)(H,27,29). The summed E-state index contributed by atoms with van der Waals surface area (Å²) in [7, 11) is 0. The van der Waals surface area contributed by atoms with Gasteiger partial charge in [0.05, 0.1) is 0 Å². The van der Waals surface area contributed by atoms with Crippen molar-refractivity contribution < 1.29 is 19.1 Å². The van der Waals surface area contributed by atoms with Crippen LogP contribution in [0.3, 0.4) is 0 Å². The van der Waals surface area contributed by atoms with Crippen LogP contribution in [-0.2, 0) is 9.59 Å². The number of ether oxygens (including phenoxy) is 2. The lowest BCUT2D eigenvalue weighted by molar-refractivity contribution is -0.128. The van der Waals surface area contributed by atoms with Crippen molar-refractivity contribution in [3.8, 4) is 11.5 Å². The normalized spacial score (nSPS) is 13.1. The Morgan fingerprint density at radius 3 is 1.39 bits per heavy atom. The Kier molecular flexibility index (Phi) is 8.48. The van der Waals surface area contributed by atoms with Gasteiger partial charge in [0.2, 0.25) is 0 Å². The van der Waals surface area contributed by atoms with E-state index in [1.165, 1.54) is 0 Å². The molecule has 6 heteroatoms. The van der Waals surface area contributed by atoms with Crippen molar-refractivity contribution in [3.63, 3.8) is 0 Å². The molecule has 0 spiro atoms. The summed E-state index contributed by atoms with van der Waals surface area (Å²) in [4.78, 5) is 24.8. The molecule has 2 aromatic carbocycles. The smallest absolute Gasteiger partial charge is 0.260 e. The minimum absolute atomic E-state index is 0.198. The summed E-state index contributed by atoms with van der Waals surface area (Å²) in [5.41, 5.74) is 1.93. The monoisotopic (exact) mass is 426 g/mol. The summed E-state index contributed by atoms with van der Waals surface area (Å²) in [6.45, 7) is 12.2. The first-order valence-electron chi connectivity index (χ1n) is 10.6. The van der Waals surface area contributed by atoms with E-state index in [0.717, 1.165) is 11.1 Å². The Morgan fingerprint density at radius 2 is 1.06 bits per heavy atom. The highest BCUT2D eigenvalue weighted by Gasteiger charge is 2.24. The second-order valence-electron chi connectivity index (χ2n) is 8.75. The number of amides is 2. The van der Waals surface area contributed by atoms with Gasteiger partial charge in [-0.05, 0) is 57.4 Å². The van der Waals surface area contributed by atoms with Gasteiger partial charge in [-0.3, -0.25) is 9.59 Å². The number of carbonyl (C=O) groups is 2. The summed E-state index contributed by atoms with van der Waals surface area (Å²) in [6, 6.07) is 15.1. The molecular formula is C25H34N2O4. The Labute approximate surface area is 185 Å². The molecule has 0 saturated heterocycles. The van der Waals surface area contributed by atoms with Crippen molar-refractivity contribution in [2.75, 3.05) is 13.1 Å². The quantitative estimate of drug-likeness (QED) is 0.606. The van der Waals surface area contributed by atoms with Crippen LogP contribution in [0.1, 0.15) is 38.8 Å². The van der Waals surface area contributed by atoms with Crippen LogP contribution in [-0.4, -0.2) is 37.1 Å². The number of aryl methyl sites for hydroxylation is 2. The topological polar surface area (TPSA) is 76.7 Å². The van der Waals surface area contributed by atoms with Crippen molar-refractivity contribution in [3.05, 3.63) is 59.7 Å². The number of benzene rings is 2. The molecule has 31 heavy (non-hydrogen) atoms. The van der Waals surface area contributed by atoms with Gasteiger partial charge in [-0.15, -0.1) is 0 Å². The Morgan fingerprint density at radius 1 is 0.742 bits per heavy atom. The van der Waals surface area contributed by atoms with Gasteiger partial charge in [0, 0.05) is 13.1 Å². The largest absolute Gasteiger partial charge is 0.481 e. The number of nitrogens with one attached hydrogen (secondary N) is 2. The van der Waals surface area contributed by atoms with E-state index in [2.05, 4.69) is 10.6 Å². The molecule has 6 nitrogen and oxygen atoms in total. The zero-order valence-corrected chi connectivity index (χ0v) is 19.3. The van der Waals surface area contributed by atoms with Crippen LogP contribution in [0, 0.1) is 19.3 Å². The van der Waals surface area contributed by atoms with E-state index in [1.54, 1.807) is 13.8 Å². The van der Waals surface area contributed by atoms with Gasteiger partial charge in [-0.2, -0.15) is 0 Å². The molecule has 2 rings (SSSR count). The van der Waals surface area contributed by atoms with Gasteiger partial charge >= 0.3 is 0 Å². The van der Waals surface area contributed by atoms with Crippen molar-refractivity contribution >= 4 is 11.8 Å². The van der Waals surface area contributed by atoms with E-state index >= 15 is 0 Å². The molecule has 0 aliphatic heterocycles. The van der Waals surface area contributed by atoms with Crippen LogP contribution >= 0.6 is 0 Å². The summed E-state index contributed by atoms with van der Waals surface area (Å²) in [5.74, 6) is 0.914. The third kappa shape index (κ3) is 8.32. The van der Waals surface area contributed by atoms with E-state index < -0.39 is 12.2 Å². The highest BCUT2D eigenvalue weighted by atomic mass is 16.5. The molecule has 0 fully saturated rings. The zero-order chi connectivity index (χ0) is 23.0. The summed E-state index contributed by atoms with van der Waals surface area (Å²) < 4.78 is 11.4. The average molecular weight is 427 g/mol. The molecule has 0 bridgehead atoms. The van der Waals surface area contributed by atoms with E-state index in [4.69, 9.17) is 9.47 Å². The predicted molar refractivity (Wildman–Crippen MR) is 122 cm³/mol. The number of carbonyl (C=O) groups excluding carboxylic acids is 2. The molecule has 168 valence electrons. The lowest BCUT2D eigenvalue weighted by Gasteiger charge is -2.27. The highest BCUT2D eigenvalue weighted by Crippen LogP contribution is 2.16. The zero-order valence-electron chi connectivity index (χ0n) is 19.3. The molecule has 0 heterocycles. The predicted octanol–water partition coefficient (Wildman–Crippen LogP) is 3.80. The van der Waals surface area contributed by atoms with Gasteiger partial charge in [0.1, 0.15) is 11.5 Å². The van der Waals surface area contributed by atoms with Crippen LogP contribution in [0.25, 0.3) is 0 Å². The second kappa shape index (κ2) is 10.8. The van der Waals surface area contributed by atoms with E-state index in [-0.39, 0.29) is 17.2 Å². The van der Waals surface area contributed by atoms with Crippen LogP contribution in [0.2, 0.25) is 0 Å². The molecule has 2 unspecified atom stereocenters. The van der Waals surface area contributed by atoms with E-state index in [0.29, 0.717) is 24.6 Å². The SMILES string of the molecule is Cc1ccc(OC(C)C(=O)NCC(C)(C)CNC(=O)C(C)Oc2ccc(C)cc2)cc1. The summed E-state index contributed by atoms with van der Waals surface area (Å²) >= 11 is 0. The first-order valence-corrected chi connectivity index (χ1v) is 10.6. The van der Waals surface area contributed by atoms with Crippen molar-refractivity contribution in [1.29, 1.82) is 0 Å². The Balaban J connectivity index is 1.75. The third-order valence-electron chi connectivity index (χ3n) is 4.89. The number of rotatable bonds is 10. The minimum Gasteiger partial charge on any atom is -0.481 e. The lowest BCUT2D eigenvalue weighted by Crippen LogP contribution is -2.47. The van der Waals surface area contributed by atoms with Crippen LogP contribution in [0.5, 0.6) is 11.5 Å². The fraction of sp³-hybridized carbons (Fsp3) is 0.440. The van der Waals surface area contributed by atoms with Crippen LogP contribution in [0.4, 0.5) is 0 Å². The second-order valence-corrected chi connectivity index (χ2v) is 8.75. The maximum Gasteiger partial charge on any atom is 0.260 e. The van der Waals surface area contributed by atoms with Crippen LogP contribution < -0.4 is 20.1 Å². The Bertz CT molecular complexity index is 789. The maximum atomic E-state index is 12.4. The van der Waals surface area contributed by atoms with Crippen molar-refractivity contribution in [2.45, 2.75) is 53.8 Å². The minimum atomic E-state index is -0.615. The molecular weight excluding hydrogens is 392 g/mol. The van der Waals surface area contributed by atoms with Gasteiger partial charge in [0.25, 0.3) is 11.8 Å². The van der Waals surface area contributed by atoms with Gasteiger partial charge in [-0.1, -0.05) is 49.2 Å². The Hall–Kier alpha value is -3.02. The van der Waals surface area contributed by atoms with E-state index in [9.17, 15) is 9.59 Å². The average Bonchev–Trinajstić information content (AvgIpc) is 2.73. The third-order valence-corrected chi connectivity index (χ3v) is 4.89. The van der Waals surface area contributed by atoms with Crippen LogP contribution in [0.15, 0.2) is 48.5 Å². The van der Waals surface area contributed by atoms with Crippen molar-refractivity contribution in [2.24, 2.45) is 5.41 Å².